The monoisotopic (exact) mass is 356 g/mol. The zero-order chi connectivity index (χ0) is 17.9. The molecule has 138 valence electrons. The molecular formula is C21H25FN2O2. The van der Waals surface area contributed by atoms with Gasteiger partial charge >= 0.3 is 0 Å². The van der Waals surface area contributed by atoms with Crippen molar-refractivity contribution in [3.63, 3.8) is 0 Å². The van der Waals surface area contributed by atoms with Crippen LogP contribution in [0.3, 0.4) is 0 Å². The highest BCUT2D eigenvalue weighted by Gasteiger charge is 2.38. The minimum atomic E-state index is -0.273. The molecule has 5 heteroatoms. The lowest BCUT2D eigenvalue weighted by atomic mass is 9.81. The van der Waals surface area contributed by atoms with Gasteiger partial charge in [-0.05, 0) is 43.6 Å². The van der Waals surface area contributed by atoms with E-state index in [0.717, 1.165) is 38.2 Å². The number of aliphatic hydroxyl groups excluding tert-OH is 1. The quantitative estimate of drug-likeness (QED) is 0.881. The van der Waals surface area contributed by atoms with Gasteiger partial charge in [0, 0.05) is 18.4 Å². The molecule has 1 aromatic rings. The Morgan fingerprint density at radius 2 is 2.00 bits per heavy atom. The fourth-order valence-corrected chi connectivity index (χ4v) is 4.23. The van der Waals surface area contributed by atoms with Crippen LogP contribution in [0.1, 0.15) is 24.3 Å². The first-order valence-corrected chi connectivity index (χ1v) is 9.42. The van der Waals surface area contributed by atoms with Crippen LogP contribution in [0.15, 0.2) is 59.5 Å². The number of likely N-dealkylation sites (tertiary alicyclic amines) is 1. The number of allylic oxidation sites excluding steroid dienone is 2. The van der Waals surface area contributed by atoms with Gasteiger partial charge in [-0.1, -0.05) is 41.6 Å². The van der Waals surface area contributed by atoms with Crippen molar-refractivity contribution >= 4 is 5.71 Å². The summed E-state index contributed by atoms with van der Waals surface area (Å²) in [6.07, 6.45) is 6.70. The fraction of sp³-hybridized carbons (Fsp3) is 0.476. The molecule has 2 heterocycles. The summed E-state index contributed by atoms with van der Waals surface area (Å²) >= 11 is 0. The maximum absolute atomic E-state index is 13.4. The van der Waals surface area contributed by atoms with Crippen molar-refractivity contribution in [1.82, 2.24) is 4.90 Å². The third-order valence-corrected chi connectivity index (χ3v) is 5.74. The Kier molecular flexibility index (Phi) is 5.18. The van der Waals surface area contributed by atoms with Crippen LogP contribution in [-0.4, -0.2) is 48.1 Å². The van der Waals surface area contributed by atoms with Crippen molar-refractivity contribution in [2.75, 3.05) is 26.2 Å². The Morgan fingerprint density at radius 3 is 2.73 bits per heavy atom. The minimum absolute atomic E-state index is 0.0839. The van der Waals surface area contributed by atoms with E-state index in [1.54, 1.807) is 0 Å². The van der Waals surface area contributed by atoms with E-state index < -0.39 is 0 Å². The normalized spacial score (nSPS) is 27.5. The predicted octanol–water partition coefficient (Wildman–Crippen LogP) is 3.27. The van der Waals surface area contributed by atoms with Crippen molar-refractivity contribution in [3.05, 3.63) is 60.0 Å². The van der Waals surface area contributed by atoms with Gasteiger partial charge in [0.15, 0.2) is 6.10 Å². The summed E-state index contributed by atoms with van der Waals surface area (Å²) in [5.41, 5.74) is 2.26. The number of benzene rings is 1. The lowest BCUT2D eigenvalue weighted by molar-refractivity contribution is 0.103. The molecule has 1 saturated heterocycles. The average Bonchev–Trinajstić information content (AvgIpc) is 3.10. The molecule has 4 rings (SSSR count). The number of nitrogens with zero attached hydrogens (tertiary/aromatic N) is 2. The minimum Gasteiger partial charge on any atom is -0.396 e. The van der Waals surface area contributed by atoms with Gasteiger partial charge in [0.1, 0.15) is 5.83 Å². The summed E-state index contributed by atoms with van der Waals surface area (Å²) in [7, 11) is 0. The smallest absolute Gasteiger partial charge is 0.160 e. The Morgan fingerprint density at radius 1 is 1.23 bits per heavy atom. The van der Waals surface area contributed by atoms with Crippen LogP contribution in [0.5, 0.6) is 0 Å². The number of hydrogen-bond donors (Lipinski definition) is 1. The SMILES string of the molecule is OCC(CN1CCC(C2=NOC3C=C(F)C=CC23)CC1)c1ccccc1. The second-order valence-electron chi connectivity index (χ2n) is 7.39. The highest BCUT2D eigenvalue weighted by molar-refractivity contribution is 5.92. The molecule has 3 atom stereocenters. The van der Waals surface area contributed by atoms with Gasteiger partial charge in [0.05, 0.1) is 18.2 Å². The molecular weight excluding hydrogens is 331 g/mol. The largest absolute Gasteiger partial charge is 0.396 e. The Hall–Kier alpha value is -1.98. The second kappa shape index (κ2) is 7.72. The van der Waals surface area contributed by atoms with Crippen LogP contribution in [0.2, 0.25) is 0 Å². The van der Waals surface area contributed by atoms with E-state index in [4.69, 9.17) is 4.84 Å². The summed E-state index contributed by atoms with van der Waals surface area (Å²) in [5.74, 6) is 0.387. The molecule has 0 amide bonds. The molecule has 1 N–H and O–H groups in total. The molecule has 26 heavy (non-hydrogen) atoms. The number of halogens is 1. The number of rotatable bonds is 5. The van der Waals surface area contributed by atoms with Crippen LogP contribution in [0.25, 0.3) is 0 Å². The lowest BCUT2D eigenvalue weighted by Gasteiger charge is -2.34. The van der Waals surface area contributed by atoms with Crippen molar-refractivity contribution in [3.8, 4) is 0 Å². The first-order valence-electron chi connectivity index (χ1n) is 9.42. The van der Waals surface area contributed by atoms with Crippen LogP contribution in [-0.2, 0) is 4.84 Å². The number of oxime groups is 1. The molecule has 3 aliphatic rings. The highest BCUT2D eigenvalue weighted by atomic mass is 19.1. The molecule has 3 unspecified atom stereocenters. The molecule has 2 aliphatic heterocycles. The zero-order valence-electron chi connectivity index (χ0n) is 14.8. The van der Waals surface area contributed by atoms with Gasteiger partial charge < -0.3 is 14.8 Å². The summed E-state index contributed by atoms with van der Waals surface area (Å²) in [6, 6.07) is 10.2. The summed E-state index contributed by atoms with van der Waals surface area (Å²) in [5, 5.41) is 14.1. The summed E-state index contributed by atoms with van der Waals surface area (Å²) < 4.78 is 13.4. The van der Waals surface area contributed by atoms with Gasteiger partial charge in [-0.3, -0.25) is 0 Å². The molecule has 0 radical (unpaired) electrons. The third kappa shape index (κ3) is 3.60. The third-order valence-electron chi connectivity index (χ3n) is 5.74. The van der Waals surface area contributed by atoms with Crippen LogP contribution in [0.4, 0.5) is 4.39 Å². The van der Waals surface area contributed by atoms with Gasteiger partial charge in [0.2, 0.25) is 0 Å². The molecule has 0 bridgehead atoms. The van der Waals surface area contributed by atoms with E-state index in [2.05, 4.69) is 22.2 Å². The van der Waals surface area contributed by atoms with Crippen molar-refractivity contribution < 1.29 is 14.3 Å². The first-order chi connectivity index (χ1) is 12.7. The zero-order valence-corrected chi connectivity index (χ0v) is 14.8. The molecule has 0 spiro atoms. The van der Waals surface area contributed by atoms with Crippen molar-refractivity contribution in [1.29, 1.82) is 0 Å². The maximum atomic E-state index is 13.4. The number of fused-ring (bicyclic) bond motifs is 1. The molecule has 1 fully saturated rings. The maximum Gasteiger partial charge on any atom is 0.160 e. The number of piperidine rings is 1. The first kappa shape index (κ1) is 17.4. The summed E-state index contributed by atoms with van der Waals surface area (Å²) in [6.45, 7) is 3.00. The lowest BCUT2D eigenvalue weighted by Crippen LogP contribution is -2.40. The standard InChI is InChI=1S/C21H25FN2O2/c22-18-6-7-19-20(12-18)26-23-21(19)16-8-10-24(11-9-16)13-17(14-25)15-4-2-1-3-5-15/h1-7,12,16-17,19-20,25H,8-11,13-14H2. The van der Waals surface area contributed by atoms with E-state index >= 15 is 0 Å². The van der Waals surface area contributed by atoms with E-state index in [1.165, 1.54) is 17.7 Å². The average molecular weight is 356 g/mol. The van der Waals surface area contributed by atoms with E-state index in [9.17, 15) is 9.50 Å². The van der Waals surface area contributed by atoms with E-state index in [-0.39, 0.29) is 30.4 Å². The van der Waals surface area contributed by atoms with Crippen LogP contribution >= 0.6 is 0 Å². The molecule has 1 aromatic carbocycles. The van der Waals surface area contributed by atoms with Crippen LogP contribution < -0.4 is 0 Å². The van der Waals surface area contributed by atoms with Gasteiger partial charge in [-0.25, -0.2) is 4.39 Å². The number of hydrogen-bond acceptors (Lipinski definition) is 4. The second-order valence-corrected chi connectivity index (χ2v) is 7.39. The highest BCUT2D eigenvalue weighted by Crippen LogP contribution is 2.34. The Labute approximate surface area is 153 Å². The number of aliphatic hydroxyl groups is 1. The van der Waals surface area contributed by atoms with Gasteiger partial charge in [0.25, 0.3) is 0 Å². The van der Waals surface area contributed by atoms with Gasteiger partial charge in [-0.15, -0.1) is 0 Å². The summed E-state index contributed by atoms with van der Waals surface area (Å²) in [4.78, 5) is 7.86. The fourth-order valence-electron chi connectivity index (χ4n) is 4.23. The topological polar surface area (TPSA) is 45.1 Å². The van der Waals surface area contributed by atoms with E-state index in [0.29, 0.717) is 5.92 Å². The van der Waals surface area contributed by atoms with Crippen molar-refractivity contribution in [2.24, 2.45) is 17.0 Å². The van der Waals surface area contributed by atoms with Crippen molar-refractivity contribution in [2.45, 2.75) is 24.9 Å². The molecule has 4 nitrogen and oxygen atoms in total. The molecule has 0 aromatic heterocycles. The Balaban J connectivity index is 1.33. The van der Waals surface area contributed by atoms with Gasteiger partial charge in [-0.2, -0.15) is 0 Å². The molecule has 0 saturated carbocycles. The van der Waals surface area contributed by atoms with E-state index in [1.807, 2.05) is 24.3 Å². The van der Waals surface area contributed by atoms with Crippen LogP contribution in [0, 0.1) is 11.8 Å². The predicted molar refractivity (Wildman–Crippen MR) is 99.6 cm³/mol. The molecule has 1 aliphatic carbocycles. The Bertz CT molecular complexity index is 708.